The number of alkyl halides is 2. The molecule has 0 radical (unpaired) electrons. The highest BCUT2D eigenvalue weighted by Crippen LogP contribution is 2.51. The van der Waals surface area contributed by atoms with Gasteiger partial charge in [0.1, 0.15) is 6.04 Å². The molecule has 0 spiro atoms. The maximum absolute atomic E-state index is 15.3. The molecule has 29 heavy (non-hydrogen) atoms. The number of aromatic nitrogens is 1. The van der Waals surface area contributed by atoms with Crippen molar-refractivity contribution < 1.29 is 18.3 Å². The second kappa shape index (κ2) is 9.04. The Morgan fingerprint density at radius 3 is 2.76 bits per heavy atom. The van der Waals surface area contributed by atoms with Crippen molar-refractivity contribution in [2.45, 2.75) is 82.2 Å². The normalized spacial score (nSPS) is 23.5. The van der Waals surface area contributed by atoms with Gasteiger partial charge in [-0.05, 0) is 58.6 Å². The number of esters is 1. The number of unbranched alkanes of at least 4 members (excludes halogenated alkanes) is 2. The van der Waals surface area contributed by atoms with Crippen LogP contribution in [0.4, 0.5) is 8.78 Å². The fraction of sp³-hybridized carbons (Fsp3) is 0.727. The van der Waals surface area contributed by atoms with Crippen LogP contribution in [0.5, 0.6) is 0 Å². The molecule has 2 aliphatic rings. The maximum Gasteiger partial charge on any atom is 0.328 e. The van der Waals surface area contributed by atoms with Crippen LogP contribution in [-0.4, -0.2) is 47.0 Å². The number of ether oxygens (including phenoxy) is 1. The Hall–Kier alpha value is -1.60. The van der Waals surface area contributed by atoms with Crippen LogP contribution < -0.4 is 5.73 Å². The summed E-state index contributed by atoms with van der Waals surface area (Å²) in [5.41, 5.74) is 5.68. The van der Waals surface area contributed by atoms with Crippen molar-refractivity contribution in [1.82, 2.24) is 9.88 Å². The second-order valence-electron chi connectivity index (χ2n) is 8.43. The summed E-state index contributed by atoms with van der Waals surface area (Å²) in [6.07, 6.45) is 5.78. The Morgan fingerprint density at radius 2 is 2.17 bits per heavy atom. The summed E-state index contributed by atoms with van der Waals surface area (Å²) in [6, 6.07) is 2.78. The molecule has 1 aliphatic heterocycles. The molecule has 2 unspecified atom stereocenters. The summed E-state index contributed by atoms with van der Waals surface area (Å²) >= 11 is 0. The minimum atomic E-state index is -2.90. The van der Waals surface area contributed by atoms with E-state index in [-0.39, 0.29) is 13.0 Å². The third-order valence-corrected chi connectivity index (χ3v) is 6.41. The van der Waals surface area contributed by atoms with Gasteiger partial charge in [-0.15, -0.1) is 0 Å². The molecular formula is C22H33F2N3O2. The molecule has 162 valence electrons. The Morgan fingerprint density at radius 1 is 1.41 bits per heavy atom. The first kappa shape index (κ1) is 22.1. The van der Waals surface area contributed by atoms with Crippen LogP contribution in [0, 0.1) is 0 Å². The number of hydrogen-bond acceptors (Lipinski definition) is 5. The largest absolute Gasteiger partial charge is 0.465 e. The van der Waals surface area contributed by atoms with E-state index in [1.54, 1.807) is 31.0 Å². The second-order valence-corrected chi connectivity index (χ2v) is 8.43. The highest BCUT2D eigenvalue weighted by atomic mass is 19.3. The molecule has 0 amide bonds. The van der Waals surface area contributed by atoms with Gasteiger partial charge in [0, 0.05) is 36.3 Å². The number of hydrogen-bond donors (Lipinski definition) is 1. The SMILES string of the molecule is CCOC(=O)C(c1cccnc1C1CC1)N1CCC1(C)C(F)(F)CCCCCN. The van der Waals surface area contributed by atoms with Crippen LogP contribution >= 0.6 is 0 Å². The Labute approximate surface area is 172 Å². The standard InChI is InChI=1S/C22H33F2N3O2/c1-3-29-20(28)19(17-8-7-14-26-18(17)16-9-10-16)27-15-12-21(27,2)22(23,24)11-5-4-6-13-25/h7-8,14,16,19H,3-6,9-13,15,25H2,1-2H3. The van der Waals surface area contributed by atoms with Gasteiger partial charge in [-0.3, -0.25) is 9.88 Å². The lowest BCUT2D eigenvalue weighted by atomic mass is 9.76. The minimum absolute atomic E-state index is 0.196. The highest BCUT2D eigenvalue weighted by molar-refractivity contribution is 5.78. The van der Waals surface area contributed by atoms with E-state index in [9.17, 15) is 4.79 Å². The predicted octanol–water partition coefficient (Wildman–Crippen LogP) is 4.18. The first-order valence-electron chi connectivity index (χ1n) is 10.8. The van der Waals surface area contributed by atoms with Crippen LogP contribution in [-0.2, 0) is 9.53 Å². The van der Waals surface area contributed by atoms with E-state index in [2.05, 4.69) is 4.98 Å². The van der Waals surface area contributed by atoms with Crippen molar-refractivity contribution in [1.29, 1.82) is 0 Å². The Bertz CT molecular complexity index is 711. The van der Waals surface area contributed by atoms with Gasteiger partial charge >= 0.3 is 5.97 Å². The lowest BCUT2D eigenvalue weighted by Gasteiger charge is -2.56. The fourth-order valence-corrected chi connectivity index (χ4v) is 4.32. The number of carbonyl (C=O) groups excluding carboxylic acids is 1. The smallest absolute Gasteiger partial charge is 0.328 e. The molecule has 2 atom stereocenters. The van der Waals surface area contributed by atoms with E-state index in [1.165, 1.54) is 0 Å². The van der Waals surface area contributed by atoms with Crippen LogP contribution in [0.15, 0.2) is 18.3 Å². The van der Waals surface area contributed by atoms with Crippen molar-refractivity contribution in [3.8, 4) is 0 Å². The topological polar surface area (TPSA) is 68.5 Å². The molecule has 1 saturated heterocycles. The Kier molecular flexibility index (Phi) is 6.89. The zero-order valence-electron chi connectivity index (χ0n) is 17.5. The van der Waals surface area contributed by atoms with E-state index >= 15 is 8.78 Å². The van der Waals surface area contributed by atoms with Gasteiger partial charge in [0.05, 0.1) is 12.1 Å². The van der Waals surface area contributed by atoms with Crippen LogP contribution in [0.3, 0.4) is 0 Å². The monoisotopic (exact) mass is 409 g/mol. The van der Waals surface area contributed by atoms with Crippen molar-refractivity contribution in [3.63, 3.8) is 0 Å². The molecule has 2 fully saturated rings. The van der Waals surface area contributed by atoms with E-state index in [0.717, 1.165) is 30.5 Å². The molecule has 2 N–H and O–H groups in total. The molecule has 0 aromatic carbocycles. The van der Waals surface area contributed by atoms with E-state index in [1.807, 2.05) is 6.07 Å². The van der Waals surface area contributed by atoms with Gasteiger partial charge in [-0.2, -0.15) is 0 Å². The molecule has 1 aliphatic carbocycles. The first-order valence-corrected chi connectivity index (χ1v) is 10.8. The van der Waals surface area contributed by atoms with Gasteiger partial charge < -0.3 is 10.5 Å². The predicted molar refractivity (Wildman–Crippen MR) is 108 cm³/mol. The van der Waals surface area contributed by atoms with Crippen molar-refractivity contribution >= 4 is 5.97 Å². The fourth-order valence-electron chi connectivity index (χ4n) is 4.32. The lowest BCUT2D eigenvalue weighted by molar-refractivity contribution is -0.210. The van der Waals surface area contributed by atoms with E-state index in [4.69, 9.17) is 10.5 Å². The quantitative estimate of drug-likeness (QED) is 0.439. The van der Waals surface area contributed by atoms with Gasteiger partial charge in [0.25, 0.3) is 5.92 Å². The lowest BCUT2D eigenvalue weighted by Crippen LogP contribution is -2.69. The van der Waals surface area contributed by atoms with E-state index < -0.39 is 23.5 Å². The molecule has 3 rings (SSSR count). The number of pyridine rings is 1. The van der Waals surface area contributed by atoms with Crippen LogP contribution in [0.1, 0.15) is 82.0 Å². The molecule has 2 heterocycles. The summed E-state index contributed by atoms with van der Waals surface area (Å²) < 4.78 is 35.9. The van der Waals surface area contributed by atoms with Crippen molar-refractivity contribution in [2.75, 3.05) is 19.7 Å². The van der Waals surface area contributed by atoms with Crippen molar-refractivity contribution in [2.24, 2.45) is 5.73 Å². The van der Waals surface area contributed by atoms with Crippen molar-refractivity contribution in [3.05, 3.63) is 29.6 Å². The highest BCUT2D eigenvalue weighted by Gasteiger charge is 2.61. The first-order chi connectivity index (χ1) is 13.9. The molecule has 5 nitrogen and oxygen atoms in total. The molecule has 1 saturated carbocycles. The maximum atomic E-state index is 15.3. The van der Waals surface area contributed by atoms with Gasteiger partial charge in [0.15, 0.2) is 0 Å². The van der Waals surface area contributed by atoms with E-state index in [0.29, 0.717) is 38.3 Å². The number of carbonyl (C=O) groups is 1. The molecular weight excluding hydrogens is 376 g/mol. The third kappa shape index (κ3) is 4.45. The van der Waals surface area contributed by atoms with Gasteiger partial charge in [-0.1, -0.05) is 12.5 Å². The molecule has 1 aromatic heterocycles. The average molecular weight is 410 g/mol. The summed E-state index contributed by atoms with van der Waals surface area (Å²) in [7, 11) is 0. The Balaban J connectivity index is 1.87. The third-order valence-electron chi connectivity index (χ3n) is 6.41. The van der Waals surface area contributed by atoms with Gasteiger partial charge in [-0.25, -0.2) is 13.6 Å². The average Bonchev–Trinajstić information content (AvgIpc) is 3.53. The summed E-state index contributed by atoms with van der Waals surface area (Å²) in [6.45, 7) is 4.50. The summed E-state index contributed by atoms with van der Waals surface area (Å²) in [5.74, 6) is -3.05. The zero-order valence-corrected chi connectivity index (χ0v) is 17.5. The number of nitrogens with two attached hydrogens (primary N) is 1. The molecule has 0 bridgehead atoms. The summed E-state index contributed by atoms with van der Waals surface area (Å²) in [5, 5.41) is 0. The van der Waals surface area contributed by atoms with Gasteiger partial charge in [0.2, 0.25) is 0 Å². The molecule has 1 aromatic rings. The summed E-state index contributed by atoms with van der Waals surface area (Å²) in [4.78, 5) is 19.1. The number of rotatable bonds is 11. The van der Waals surface area contributed by atoms with Crippen LogP contribution in [0.2, 0.25) is 0 Å². The number of nitrogens with zero attached hydrogens (tertiary/aromatic N) is 2. The number of likely N-dealkylation sites (tertiary alicyclic amines) is 1. The minimum Gasteiger partial charge on any atom is -0.465 e. The van der Waals surface area contributed by atoms with Crippen LogP contribution in [0.25, 0.3) is 0 Å². The zero-order chi connectivity index (χ0) is 21.1. The molecule has 7 heteroatoms. The number of halogens is 2.